The van der Waals surface area contributed by atoms with Crippen molar-refractivity contribution in [1.82, 2.24) is 10.2 Å². The molecule has 0 aliphatic heterocycles. The number of nitrogens with zero attached hydrogens (tertiary/aromatic N) is 1. The standard InChI is InChI=1S/C15H31F3N2O/c1-12(2)19-14(5,11-21)8-6-7-9-20(13(3)4)10-15(16,17)18/h12-13,19,21H,6-11H2,1-5H3. The van der Waals surface area contributed by atoms with Crippen molar-refractivity contribution in [2.45, 2.75) is 77.7 Å². The average Bonchev–Trinajstić information content (AvgIpc) is 2.30. The van der Waals surface area contributed by atoms with E-state index in [0.717, 1.165) is 12.8 Å². The Hall–Kier alpha value is -0.330. The molecule has 0 heterocycles. The van der Waals surface area contributed by atoms with Crippen LogP contribution < -0.4 is 5.32 Å². The van der Waals surface area contributed by atoms with Crippen LogP contribution in [-0.2, 0) is 0 Å². The number of aliphatic hydroxyl groups excluding tert-OH is 1. The Morgan fingerprint density at radius 2 is 1.67 bits per heavy atom. The quantitative estimate of drug-likeness (QED) is 0.608. The SMILES string of the molecule is CC(C)NC(C)(CO)CCCCN(CC(F)(F)F)C(C)C. The van der Waals surface area contributed by atoms with E-state index < -0.39 is 12.7 Å². The van der Waals surface area contributed by atoms with Crippen molar-refractivity contribution < 1.29 is 18.3 Å². The first kappa shape index (κ1) is 20.7. The number of alkyl halides is 3. The van der Waals surface area contributed by atoms with E-state index in [2.05, 4.69) is 5.32 Å². The largest absolute Gasteiger partial charge is 0.401 e. The summed E-state index contributed by atoms with van der Waals surface area (Å²) in [5, 5.41) is 12.8. The van der Waals surface area contributed by atoms with Crippen LogP contribution in [0.3, 0.4) is 0 Å². The smallest absolute Gasteiger partial charge is 0.394 e. The fourth-order valence-electron chi connectivity index (χ4n) is 2.47. The molecule has 0 saturated carbocycles. The molecule has 0 aromatic heterocycles. The molecule has 0 rings (SSSR count). The number of rotatable bonds is 10. The fraction of sp³-hybridized carbons (Fsp3) is 1.00. The van der Waals surface area contributed by atoms with Gasteiger partial charge >= 0.3 is 6.18 Å². The third-order valence-corrected chi connectivity index (χ3v) is 3.52. The lowest BCUT2D eigenvalue weighted by Crippen LogP contribution is -2.49. The minimum absolute atomic E-state index is 0.0294. The zero-order valence-corrected chi connectivity index (χ0v) is 13.9. The first-order valence-corrected chi connectivity index (χ1v) is 7.68. The molecule has 2 N–H and O–H groups in total. The highest BCUT2D eigenvalue weighted by Crippen LogP contribution is 2.19. The van der Waals surface area contributed by atoms with Crippen LogP contribution in [0.2, 0.25) is 0 Å². The van der Waals surface area contributed by atoms with Gasteiger partial charge in [0, 0.05) is 17.6 Å². The highest BCUT2D eigenvalue weighted by Gasteiger charge is 2.31. The van der Waals surface area contributed by atoms with Crippen LogP contribution in [0.15, 0.2) is 0 Å². The lowest BCUT2D eigenvalue weighted by molar-refractivity contribution is -0.149. The normalized spacial score (nSPS) is 16.0. The highest BCUT2D eigenvalue weighted by molar-refractivity contribution is 4.84. The summed E-state index contributed by atoms with van der Waals surface area (Å²) in [7, 11) is 0. The van der Waals surface area contributed by atoms with Gasteiger partial charge < -0.3 is 10.4 Å². The van der Waals surface area contributed by atoms with Crippen molar-refractivity contribution in [3.63, 3.8) is 0 Å². The molecule has 3 nitrogen and oxygen atoms in total. The predicted octanol–water partition coefficient (Wildman–Crippen LogP) is 3.18. The number of hydrogen-bond acceptors (Lipinski definition) is 3. The molecule has 0 aliphatic rings. The van der Waals surface area contributed by atoms with Crippen LogP contribution in [-0.4, -0.2) is 53.5 Å². The van der Waals surface area contributed by atoms with Gasteiger partial charge in [-0.15, -0.1) is 0 Å². The van der Waals surface area contributed by atoms with E-state index in [1.807, 2.05) is 20.8 Å². The summed E-state index contributed by atoms with van der Waals surface area (Å²) < 4.78 is 37.4. The highest BCUT2D eigenvalue weighted by atomic mass is 19.4. The molecule has 0 bridgehead atoms. The molecule has 0 aromatic carbocycles. The Kier molecular flexibility index (Phi) is 8.81. The predicted molar refractivity (Wildman–Crippen MR) is 80.4 cm³/mol. The molecule has 0 fully saturated rings. The van der Waals surface area contributed by atoms with E-state index in [1.54, 1.807) is 13.8 Å². The van der Waals surface area contributed by atoms with Gasteiger partial charge in [0.05, 0.1) is 13.2 Å². The minimum atomic E-state index is -4.15. The molecule has 128 valence electrons. The topological polar surface area (TPSA) is 35.5 Å². The second kappa shape index (κ2) is 8.96. The summed E-state index contributed by atoms with van der Waals surface area (Å²) in [6.07, 6.45) is -1.91. The summed E-state index contributed by atoms with van der Waals surface area (Å²) in [5.74, 6) is 0. The van der Waals surface area contributed by atoms with Gasteiger partial charge in [0.25, 0.3) is 0 Å². The van der Waals surface area contributed by atoms with Crippen molar-refractivity contribution >= 4 is 0 Å². The average molecular weight is 312 g/mol. The Balaban J connectivity index is 4.20. The molecule has 6 heteroatoms. The van der Waals surface area contributed by atoms with Crippen LogP contribution in [0.1, 0.15) is 53.9 Å². The molecule has 1 unspecified atom stereocenters. The number of aliphatic hydroxyl groups is 1. The first-order chi connectivity index (χ1) is 9.49. The zero-order valence-electron chi connectivity index (χ0n) is 13.9. The van der Waals surface area contributed by atoms with Crippen molar-refractivity contribution in [2.24, 2.45) is 0 Å². The van der Waals surface area contributed by atoms with Gasteiger partial charge in [-0.25, -0.2) is 0 Å². The second-order valence-corrected chi connectivity index (χ2v) is 6.65. The lowest BCUT2D eigenvalue weighted by Gasteiger charge is -2.32. The zero-order chi connectivity index (χ0) is 16.7. The van der Waals surface area contributed by atoms with Gasteiger partial charge in [-0.05, 0) is 40.2 Å². The van der Waals surface area contributed by atoms with Gasteiger partial charge in [-0.1, -0.05) is 20.3 Å². The monoisotopic (exact) mass is 312 g/mol. The summed E-state index contributed by atoms with van der Waals surface area (Å²) in [6, 6.07) is 0.143. The number of halogens is 3. The summed E-state index contributed by atoms with van der Waals surface area (Å²) >= 11 is 0. The maximum absolute atomic E-state index is 12.5. The van der Waals surface area contributed by atoms with Gasteiger partial charge in [-0.3, -0.25) is 4.90 Å². The lowest BCUT2D eigenvalue weighted by atomic mass is 9.94. The molecular weight excluding hydrogens is 281 g/mol. The Morgan fingerprint density at radius 1 is 1.10 bits per heavy atom. The third-order valence-electron chi connectivity index (χ3n) is 3.52. The fourth-order valence-corrected chi connectivity index (χ4v) is 2.47. The van der Waals surface area contributed by atoms with E-state index in [9.17, 15) is 18.3 Å². The molecule has 0 radical (unpaired) electrons. The molecule has 0 spiro atoms. The first-order valence-electron chi connectivity index (χ1n) is 7.68. The van der Waals surface area contributed by atoms with E-state index in [1.165, 1.54) is 4.90 Å². The van der Waals surface area contributed by atoms with Crippen LogP contribution in [0, 0.1) is 0 Å². The second-order valence-electron chi connectivity index (χ2n) is 6.65. The van der Waals surface area contributed by atoms with Gasteiger partial charge in [0.2, 0.25) is 0 Å². The van der Waals surface area contributed by atoms with Gasteiger partial charge in [0.15, 0.2) is 0 Å². The van der Waals surface area contributed by atoms with E-state index in [4.69, 9.17) is 0 Å². The van der Waals surface area contributed by atoms with Crippen molar-refractivity contribution in [2.75, 3.05) is 19.7 Å². The molecular formula is C15H31F3N2O. The summed E-state index contributed by atoms with van der Waals surface area (Å²) in [6.45, 7) is 9.14. The molecule has 21 heavy (non-hydrogen) atoms. The minimum Gasteiger partial charge on any atom is -0.394 e. The Bertz CT molecular complexity index is 283. The maximum atomic E-state index is 12.5. The van der Waals surface area contributed by atoms with Crippen LogP contribution in [0.4, 0.5) is 13.2 Å². The molecule has 1 atom stereocenters. The Labute approximate surface area is 126 Å². The van der Waals surface area contributed by atoms with Gasteiger partial charge in [0.1, 0.15) is 0 Å². The molecule has 0 aliphatic carbocycles. The van der Waals surface area contributed by atoms with Crippen molar-refractivity contribution in [3.05, 3.63) is 0 Å². The van der Waals surface area contributed by atoms with E-state index >= 15 is 0 Å². The van der Waals surface area contributed by atoms with Crippen LogP contribution >= 0.6 is 0 Å². The van der Waals surface area contributed by atoms with Crippen LogP contribution in [0.25, 0.3) is 0 Å². The summed E-state index contributed by atoms with van der Waals surface area (Å²) in [5.41, 5.74) is -0.360. The Morgan fingerprint density at radius 3 is 2.05 bits per heavy atom. The maximum Gasteiger partial charge on any atom is 0.401 e. The summed E-state index contributed by atoms with van der Waals surface area (Å²) in [4.78, 5) is 1.45. The molecule has 0 saturated heterocycles. The van der Waals surface area contributed by atoms with Crippen molar-refractivity contribution in [3.8, 4) is 0 Å². The van der Waals surface area contributed by atoms with E-state index in [0.29, 0.717) is 13.0 Å². The number of hydrogen-bond donors (Lipinski definition) is 2. The molecule has 0 aromatic rings. The third kappa shape index (κ3) is 10.1. The van der Waals surface area contributed by atoms with Gasteiger partial charge in [-0.2, -0.15) is 13.2 Å². The molecule has 0 amide bonds. The van der Waals surface area contributed by atoms with E-state index in [-0.39, 0.29) is 24.2 Å². The number of nitrogens with one attached hydrogen (secondary N) is 1. The van der Waals surface area contributed by atoms with Crippen LogP contribution in [0.5, 0.6) is 0 Å². The number of unbranched alkanes of at least 4 members (excludes halogenated alkanes) is 1. The van der Waals surface area contributed by atoms with Crippen molar-refractivity contribution in [1.29, 1.82) is 0 Å².